The number of aromatic amines is 1. The van der Waals surface area contributed by atoms with Gasteiger partial charge in [0, 0.05) is 18.2 Å². The summed E-state index contributed by atoms with van der Waals surface area (Å²) in [6, 6.07) is 38.7. The molecule has 0 amide bonds. The van der Waals surface area contributed by atoms with Crippen LogP contribution in [-0.4, -0.2) is 40.9 Å². The molecule has 5 aromatic rings. The maximum atomic E-state index is 12.9. The molecule has 1 aromatic heterocycles. The van der Waals surface area contributed by atoms with E-state index in [2.05, 4.69) is 4.98 Å². The Morgan fingerprint density at radius 1 is 0.826 bits per heavy atom. The highest BCUT2D eigenvalue weighted by molar-refractivity contribution is 5.71. The summed E-state index contributed by atoms with van der Waals surface area (Å²) in [4.78, 5) is 40.2. The molecular weight excluding hydrogens is 584 g/mol. The Morgan fingerprint density at radius 2 is 1.35 bits per heavy atom. The van der Waals surface area contributed by atoms with Gasteiger partial charge in [-0.3, -0.25) is 14.3 Å². The predicted molar refractivity (Wildman–Crippen MR) is 172 cm³/mol. The summed E-state index contributed by atoms with van der Waals surface area (Å²) in [6.07, 6.45) is -0.503. The minimum absolute atomic E-state index is 0.149. The van der Waals surface area contributed by atoms with Gasteiger partial charge in [0.2, 0.25) is 0 Å². The Kier molecular flexibility index (Phi) is 9.23. The molecule has 1 saturated heterocycles. The van der Waals surface area contributed by atoms with Gasteiger partial charge in [0.1, 0.15) is 30.3 Å². The van der Waals surface area contributed by atoms with Crippen LogP contribution in [0.15, 0.2) is 137 Å². The molecule has 234 valence electrons. The summed E-state index contributed by atoms with van der Waals surface area (Å²) in [7, 11) is 0. The van der Waals surface area contributed by atoms with Crippen molar-refractivity contribution in [1.82, 2.24) is 9.55 Å². The first-order valence-corrected chi connectivity index (χ1v) is 15.1. The van der Waals surface area contributed by atoms with Gasteiger partial charge < -0.3 is 18.9 Å². The van der Waals surface area contributed by atoms with Crippen LogP contribution >= 0.6 is 0 Å². The lowest BCUT2D eigenvalue weighted by Gasteiger charge is -2.39. The van der Waals surface area contributed by atoms with E-state index in [4.69, 9.17) is 18.9 Å². The number of rotatable bonds is 11. The second kappa shape index (κ2) is 13.8. The van der Waals surface area contributed by atoms with E-state index in [9.17, 15) is 14.4 Å². The minimum atomic E-state index is -1.09. The van der Waals surface area contributed by atoms with Crippen LogP contribution in [0, 0.1) is 6.92 Å². The molecule has 1 N–H and O–H groups in total. The number of esters is 1. The molecule has 0 unspecified atom stereocenters. The number of carbonyl (C=O) groups is 1. The molecule has 9 heteroatoms. The zero-order chi connectivity index (χ0) is 31.9. The molecule has 1 fully saturated rings. The highest BCUT2D eigenvalue weighted by Gasteiger charge is 2.46. The molecule has 0 radical (unpaired) electrons. The standard InChI is InChI=1S/C37H34N2O7/c1-26-23-39(36(42)38-35(26)41)33-22-31(32(45-33)24-44-34(40)25-43-30-20-12-5-13-21-30)46-37(27-14-6-2-7-15-27,28-16-8-3-9-17-28)29-18-10-4-11-19-29/h2-21,23,31-33H,22,24-25H2,1H3,(H,38,41,42)/t31-,32+,33+/m0/s1. The second-order valence-electron chi connectivity index (χ2n) is 11.1. The summed E-state index contributed by atoms with van der Waals surface area (Å²) < 4.78 is 26.2. The van der Waals surface area contributed by atoms with Gasteiger partial charge in [-0.05, 0) is 35.7 Å². The fourth-order valence-corrected chi connectivity index (χ4v) is 5.77. The monoisotopic (exact) mass is 618 g/mol. The number of benzene rings is 4. The first-order chi connectivity index (χ1) is 22.4. The van der Waals surface area contributed by atoms with Crippen molar-refractivity contribution in [2.24, 2.45) is 0 Å². The van der Waals surface area contributed by atoms with Crippen molar-refractivity contribution < 1.29 is 23.7 Å². The predicted octanol–water partition coefficient (Wildman–Crippen LogP) is 5.13. The first kappa shape index (κ1) is 30.8. The Balaban J connectivity index is 1.36. The third-order valence-corrected chi connectivity index (χ3v) is 8.01. The molecular formula is C37H34N2O7. The van der Waals surface area contributed by atoms with Gasteiger partial charge in [-0.2, -0.15) is 0 Å². The third kappa shape index (κ3) is 6.56. The molecule has 3 atom stereocenters. The fourth-order valence-electron chi connectivity index (χ4n) is 5.77. The minimum Gasteiger partial charge on any atom is -0.482 e. The van der Waals surface area contributed by atoms with E-state index in [0.29, 0.717) is 11.3 Å². The van der Waals surface area contributed by atoms with Gasteiger partial charge in [-0.1, -0.05) is 109 Å². The maximum Gasteiger partial charge on any atom is 0.344 e. The van der Waals surface area contributed by atoms with Crippen LogP contribution in [0.4, 0.5) is 0 Å². The van der Waals surface area contributed by atoms with Gasteiger partial charge in [-0.25, -0.2) is 9.59 Å². The average molecular weight is 619 g/mol. The zero-order valence-corrected chi connectivity index (χ0v) is 25.3. The zero-order valence-electron chi connectivity index (χ0n) is 25.3. The molecule has 2 heterocycles. The number of H-pyrrole nitrogens is 1. The number of nitrogens with zero attached hydrogens (tertiary/aromatic N) is 1. The molecule has 46 heavy (non-hydrogen) atoms. The van der Waals surface area contributed by atoms with Gasteiger partial charge in [-0.15, -0.1) is 0 Å². The van der Waals surface area contributed by atoms with Crippen molar-refractivity contribution in [3.05, 3.63) is 171 Å². The van der Waals surface area contributed by atoms with E-state index in [1.807, 2.05) is 109 Å². The molecule has 1 aliphatic heterocycles. The molecule has 0 bridgehead atoms. The van der Waals surface area contributed by atoms with Gasteiger partial charge >= 0.3 is 11.7 Å². The molecule has 0 aliphatic carbocycles. The van der Waals surface area contributed by atoms with E-state index in [1.54, 1.807) is 19.1 Å². The molecule has 4 aromatic carbocycles. The number of carbonyl (C=O) groups excluding carboxylic acids is 1. The Bertz CT molecular complexity index is 1760. The number of hydrogen-bond donors (Lipinski definition) is 1. The maximum absolute atomic E-state index is 12.9. The lowest BCUT2D eigenvalue weighted by atomic mass is 9.79. The largest absolute Gasteiger partial charge is 0.482 e. The Hall–Kier alpha value is -5.25. The van der Waals surface area contributed by atoms with Gasteiger partial charge in [0.15, 0.2) is 6.61 Å². The van der Waals surface area contributed by atoms with E-state index in [1.165, 1.54) is 10.8 Å². The van der Waals surface area contributed by atoms with Crippen molar-refractivity contribution in [3.63, 3.8) is 0 Å². The highest BCUT2D eigenvalue weighted by atomic mass is 16.6. The van der Waals surface area contributed by atoms with Crippen molar-refractivity contribution in [1.29, 1.82) is 0 Å². The summed E-state index contributed by atoms with van der Waals surface area (Å²) in [6.45, 7) is 1.19. The average Bonchev–Trinajstić information content (AvgIpc) is 3.50. The van der Waals surface area contributed by atoms with Gasteiger partial charge in [0.05, 0.1) is 6.10 Å². The number of aromatic nitrogens is 2. The smallest absolute Gasteiger partial charge is 0.344 e. The van der Waals surface area contributed by atoms with Crippen LogP contribution in [-0.2, 0) is 24.6 Å². The number of ether oxygens (including phenoxy) is 4. The third-order valence-electron chi connectivity index (χ3n) is 8.01. The van der Waals surface area contributed by atoms with Crippen LogP contribution in [0.2, 0.25) is 0 Å². The van der Waals surface area contributed by atoms with E-state index in [-0.39, 0.29) is 19.6 Å². The molecule has 0 saturated carbocycles. The molecule has 0 spiro atoms. The summed E-state index contributed by atoms with van der Waals surface area (Å²) >= 11 is 0. The lowest BCUT2D eigenvalue weighted by molar-refractivity contribution is -0.155. The normalized spacial score (nSPS) is 17.8. The fraction of sp³-hybridized carbons (Fsp3) is 0.216. The molecule has 1 aliphatic rings. The highest BCUT2D eigenvalue weighted by Crippen LogP contribution is 2.44. The van der Waals surface area contributed by atoms with E-state index in [0.717, 1.165) is 16.7 Å². The van der Waals surface area contributed by atoms with Crippen LogP contribution < -0.4 is 16.0 Å². The van der Waals surface area contributed by atoms with Crippen LogP contribution in [0.1, 0.15) is 34.9 Å². The van der Waals surface area contributed by atoms with Crippen molar-refractivity contribution in [3.8, 4) is 5.75 Å². The van der Waals surface area contributed by atoms with E-state index >= 15 is 0 Å². The second-order valence-corrected chi connectivity index (χ2v) is 11.1. The number of nitrogens with one attached hydrogen (secondary N) is 1. The summed E-state index contributed by atoms with van der Waals surface area (Å²) in [5.74, 6) is -0.0313. The Morgan fingerprint density at radius 3 is 1.89 bits per heavy atom. The number of para-hydroxylation sites is 1. The quantitative estimate of drug-likeness (QED) is 0.162. The van der Waals surface area contributed by atoms with Gasteiger partial charge in [0.25, 0.3) is 5.56 Å². The lowest BCUT2D eigenvalue weighted by Crippen LogP contribution is -2.41. The SMILES string of the molecule is Cc1cn([C@H]2C[C@H](OC(c3ccccc3)(c3ccccc3)c3ccccc3)[C@@H](COC(=O)COc3ccccc3)O2)c(=O)[nH]c1=O. The molecule has 9 nitrogen and oxygen atoms in total. The number of hydrogen-bond acceptors (Lipinski definition) is 7. The topological polar surface area (TPSA) is 109 Å². The summed E-state index contributed by atoms with van der Waals surface area (Å²) in [5, 5.41) is 0. The van der Waals surface area contributed by atoms with Crippen molar-refractivity contribution in [2.45, 2.75) is 37.4 Å². The van der Waals surface area contributed by atoms with Crippen molar-refractivity contribution in [2.75, 3.05) is 13.2 Å². The van der Waals surface area contributed by atoms with Crippen LogP contribution in [0.25, 0.3) is 0 Å². The Labute approximate surface area is 266 Å². The molecule has 6 rings (SSSR count). The van der Waals surface area contributed by atoms with E-state index < -0.39 is 41.3 Å². The summed E-state index contributed by atoms with van der Waals surface area (Å²) in [5.41, 5.74) is 0.874. The van der Waals surface area contributed by atoms with Crippen LogP contribution in [0.5, 0.6) is 5.75 Å². The van der Waals surface area contributed by atoms with Crippen molar-refractivity contribution >= 4 is 5.97 Å². The number of aryl methyl sites for hydroxylation is 1. The van der Waals surface area contributed by atoms with Crippen LogP contribution in [0.3, 0.4) is 0 Å². The first-order valence-electron chi connectivity index (χ1n) is 15.1.